The molecule has 0 aliphatic heterocycles. The van der Waals surface area contributed by atoms with Crippen LogP contribution in [0.5, 0.6) is 0 Å². The van der Waals surface area contributed by atoms with E-state index in [1.54, 1.807) is 12.1 Å². The van der Waals surface area contributed by atoms with E-state index in [1.165, 1.54) is 12.1 Å². The van der Waals surface area contributed by atoms with Crippen molar-refractivity contribution in [1.82, 2.24) is 5.32 Å². The minimum atomic E-state index is -3.68. The Morgan fingerprint density at radius 1 is 1.18 bits per heavy atom. The Kier molecular flexibility index (Phi) is 5.73. The van der Waals surface area contributed by atoms with Crippen molar-refractivity contribution < 1.29 is 8.42 Å². The summed E-state index contributed by atoms with van der Waals surface area (Å²) in [7, 11) is -3.68. The summed E-state index contributed by atoms with van der Waals surface area (Å²) >= 11 is 7.46. The first-order valence-electron chi connectivity index (χ1n) is 6.27. The number of halogens is 1. The molecule has 0 aliphatic rings. The topological polar surface area (TPSA) is 84.2 Å². The number of nitrogens with one attached hydrogen (secondary N) is 2. The van der Waals surface area contributed by atoms with Gasteiger partial charge in [-0.25, -0.2) is 13.6 Å². The highest BCUT2D eigenvalue weighted by molar-refractivity contribution is 14.1. The van der Waals surface area contributed by atoms with Gasteiger partial charge in [0.05, 0.1) is 4.90 Å². The van der Waals surface area contributed by atoms with E-state index in [2.05, 4.69) is 39.3 Å². The summed E-state index contributed by atoms with van der Waals surface area (Å²) in [5.74, 6) is 0. The minimum absolute atomic E-state index is 0.0655. The van der Waals surface area contributed by atoms with Gasteiger partial charge < -0.3 is 10.6 Å². The zero-order valence-electron chi connectivity index (χ0n) is 11.4. The van der Waals surface area contributed by atoms with Gasteiger partial charge in [-0.1, -0.05) is 12.1 Å². The van der Waals surface area contributed by atoms with E-state index in [4.69, 9.17) is 17.4 Å². The first-order chi connectivity index (χ1) is 10.3. The van der Waals surface area contributed by atoms with Crippen LogP contribution in [0.15, 0.2) is 53.4 Å². The summed E-state index contributed by atoms with van der Waals surface area (Å²) in [6.07, 6.45) is 0. The van der Waals surface area contributed by atoms with Gasteiger partial charge in [-0.3, -0.25) is 0 Å². The second kappa shape index (κ2) is 7.36. The third-order valence-corrected chi connectivity index (χ3v) is 4.63. The molecule has 2 aromatic rings. The molecule has 0 fully saturated rings. The van der Waals surface area contributed by atoms with E-state index in [1.807, 2.05) is 18.2 Å². The first-order valence-corrected chi connectivity index (χ1v) is 9.30. The van der Waals surface area contributed by atoms with Gasteiger partial charge in [0.25, 0.3) is 0 Å². The summed E-state index contributed by atoms with van der Waals surface area (Å²) in [4.78, 5) is 0.0655. The Hall–Kier alpha value is -1.23. The van der Waals surface area contributed by atoms with Crippen molar-refractivity contribution in [3.8, 4) is 0 Å². The van der Waals surface area contributed by atoms with E-state index >= 15 is 0 Å². The molecule has 0 aromatic heterocycles. The van der Waals surface area contributed by atoms with Crippen LogP contribution in [0.2, 0.25) is 0 Å². The fourth-order valence-corrected chi connectivity index (χ4v) is 3.05. The van der Waals surface area contributed by atoms with Crippen LogP contribution in [0, 0.1) is 3.57 Å². The van der Waals surface area contributed by atoms with Crippen LogP contribution in [-0.4, -0.2) is 13.5 Å². The van der Waals surface area contributed by atoms with Crippen molar-refractivity contribution in [3.63, 3.8) is 0 Å². The van der Waals surface area contributed by atoms with Gasteiger partial charge >= 0.3 is 0 Å². The summed E-state index contributed by atoms with van der Waals surface area (Å²) in [5.41, 5.74) is 1.81. The van der Waals surface area contributed by atoms with Crippen molar-refractivity contribution in [2.24, 2.45) is 5.14 Å². The predicted molar refractivity (Wildman–Crippen MR) is 100 cm³/mol. The lowest BCUT2D eigenvalue weighted by Crippen LogP contribution is -2.27. The number of sulfonamides is 1. The van der Waals surface area contributed by atoms with Crippen LogP contribution in [0.4, 0.5) is 5.69 Å². The maximum Gasteiger partial charge on any atom is 0.238 e. The van der Waals surface area contributed by atoms with Crippen molar-refractivity contribution in [3.05, 3.63) is 57.7 Å². The van der Waals surface area contributed by atoms with Gasteiger partial charge in [-0.2, -0.15) is 0 Å². The van der Waals surface area contributed by atoms with Crippen LogP contribution in [-0.2, 0) is 16.6 Å². The number of primary sulfonamides is 1. The second-order valence-electron chi connectivity index (χ2n) is 4.51. The van der Waals surface area contributed by atoms with E-state index in [0.29, 0.717) is 17.3 Å². The van der Waals surface area contributed by atoms with Gasteiger partial charge in [0.1, 0.15) is 0 Å². The lowest BCUT2D eigenvalue weighted by molar-refractivity contribution is 0.598. The zero-order valence-corrected chi connectivity index (χ0v) is 15.2. The van der Waals surface area contributed by atoms with Crippen molar-refractivity contribution >= 4 is 55.6 Å². The molecule has 116 valence electrons. The number of anilines is 1. The van der Waals surface area contributed by atoms with Crippen molar-refractivity contribution in [2.75, 3.05) is 5.32 Å². The van der Waals surface area contributed by atoms with Gasteiger partial charge in [0.2, 0.25) is 10.0 Å². The Morgan fingerprint density at radius 3 is 2.45 bits per heavy atom. The Bertz CT molecular complexity index is 777. The maximum absolute atomic E-state index is 11.2. The van der Waals surface area contributed by atoms with E-state index in [-0.39, 0.29) is 4.90 Å². The molecule has 0 saturated carbocycles. The summed E-state index contributed by atoms with van der Waals surface area (Å²) in [6.45, 7) is 0.609. The molecular formula is C14H14IN3O2S2. The monoisotopic (exact) mass is 447 g/mol. The number of hydrogen-bond donors (Lipinski definition) is 3. The molecule has 4 N–H and O–H groups in total. The first kappa shape index (κ1) is 17.1. The number of hydrogen-bond acceptors (Lipinski definition) is 3. The third kappa shape index (κ3) is 5.20. The summed E-state index contributed by atoms with van der Waals surface area (Å²) < 4.78 is 23.5. The molecule has 0 atom stereocenters. The van der Waals surface area contributed by atoms with Crippen LogP contribution in [0.25, 0.3) is 0 Å². The van der Waals surface area contributed by atoms with Crippen LogP contribution in [0.3, 0.4) is 0 Å². The van der Waals surface area contributed by atoms with Crippen molar-refractivity contribution in [1.29, 1.82) is 0 Å². The van der Waals surface area contributed by atoms with Crippen molar-refractivity contribution in [2.45, 2.75) is 11.4 Å². The molecule has 0 radical (unpaired) electrons. The Morgan fingerprint density at radius 2 is 1.86 bits per heavy atom. The van der Waals surface area contributed by atoms with Gasteiger partial charge in [0.15, 0.2) is 5.11 Å². The normalized spacial score (nSPS) is 11.0. The molecule has 0 spiro atoms. The SMILES string of the molecule is NS(=O)(=O)c1ccc(NC(=S)NCc2cccc(I)c2)cc1. The Labute approximate surface area is 148 Å². The third-order valence-electron chi connectivity index (χ3n) is 2.78. The highest BCUT2D eigenvalue weighted by atomic mass is 127. The molecular weight excluding hydrogens is 433 g/mol. The summed E-state index contributed by atoms with van der Waals surface area (Å²) in [5, 5.41) is 11.6. The quantitative estimate of drug-likeness (QED) is 0.496. The average molecular weight is 447 g/mol. The molecule has 22 heavy (non-hydrogen) atoms. The van der Waals surface area contributed by atoms with Crippen LogP contribution in [0.1, 0.15) is 5.56 Å². The molecule has 0 unspecified atom stereocenters. The van der Waals surface area contributed by atoms with E-state index < -0.39 is 10.0 Å². The molecule has 5 nitrogen and oxygen atoms in total. The lowest BCUT2D eigenvalue weighted by atomic mass is 10.2. The molecule has 2 aromatic carbocycles. The number of rotatable bonds is 4. The molecule has 0 bridgehead atoms. The predicted octanol–water partition coefficient (Wildman–Crippen LogP) is 2.43. The minimum Gasteiger partial charge on any atom is -0.358 e. The zero-order chi connectivity index (χ0) is 16.2. The highest BCUT2D eigenvalue weighted by Crippen LogP contribution is 2.13. The van der Waals surface area contributed by atoms with Gasteiger partial charge in [0, 0.05) is 15.8 Å². The average Bonchev–Trinajstić information content (AvgIpc) is 2.45. The molecule has 2 rings (SSSR count). The molecule has 0 saturated heterocycles. The molecule has 0 heterocycles. The maximum atomic E-state index is 11.2. The standard InChI is InChI=1S/C14H14IN3O2S2/c15-11-3-1-2-10(8-11)9-17-14(21)18-12-4-6-13(7-5-12)22(16,19)20/h1-8H,9H2,(H2,16,19,20)(H2,17,18,21). The number of benzene rings is 2. The smallest absolute Gasteiger partial charge is 0.238 e. The van der Waals surface area contributed by atoms with Gasteiger partial charge in [-0.05, 0) is 76.8 Å². The van der Waals surface area contributed by atoms with E-state index in [9.17, 15) is 8.42 Å². The van der Waals surface area contributed by atoms with E-state index in [0.717, 1.165) is 9.13 Å². The largest absolute Gasteiger partial charge is 0.358 e. The lowest BCUT2D eigenvalue weighted by Gasteiger charge is -2.11. The fraction of sp³-hybridized carbons (Fsp3) is 0.0714. The molecule has 0 amide bonds. The van der Waals surface area contributed by atoms with Crippen LogP contribution >= 0.6 is 34.8 Å². The second-order valence-corrected chi connectivity index (χ2v) is 7.72. The van der Waals surface area contributed by atoms with Crippen LogP contribution < -0.4 is 15.8 Å². The van der Waals surface area contributed by atoms with Gasteiger partial charge in [-0.15, -0.1) is 0 Å². The number of nitrogens with two attached hydrogens (primary N) is 1. The Balaban J connectivity index is 1.92. The highest BCUT2D eigenvalue weighted by Gasteiger charge is 2.07. The molecule has 0 aliphatic carbocycles. The summed E-state index contributed by atoms with van der Waals surface area (Å²) in [6, 6.07) is 14.2. The molecule has 8 heteroatoms. The number of thiocarbonyl (C=S) groups is 1. The fourth-order valence-electron chi connectivity index (χ4n) is 1.73.